The molecule has 88 valence electrons. The maximum Gasteiger partial charge on any atom is 0.0730 e. The Kier molecular flexibility index (Phi) is 4.00. The van der Waals surface area contributed by atoms with E-state index in [1.807, 2.05) is 0 Å². The zero-order valence-electron chi connectivity index (χ0n) is 9.53. The molecule has 3 heteroatoms. The van der Waals surface area contributed by atoms with Crippen molar-refractivity contribution in [2.24, 2.45) is 11.5 Å². The molecule has 3 nitrogen and oxygen atoms in total. The highest BCUT2D eigenvalue weighted by atomic mass is 16.5. The predicted molar refractivity (Wildman–Crippen MR) is 61.5 cm³/mol. The molecule has 0 bridgehead atoms. The highest BCUT2D eigenvalue weighted by Gasteiger charge is 2.29. The largest absolute Gasteiger partial charge is 0.372 e. The molecule has 0 saturated heterocycles. The van der Waals surface area contributed by atoms with Crippen molar-refractivity contribution < 1.29 is 4.74 Å². The molecule has 0 amide bonds. The summed E-state index contributed by atoms with van der Waals surface area (Å²) in [5.41, 5.74) is 12.2. The van der Waals surface area contributed by atoms with Crippen molar-refractivity contribution in [1.82, 2.24) is 0 Å². The van der Waals surface area contributed by atoms with Crippen molar-refractivity contribution in [3.63, 3.8) is 0 Å². The van der Waals surface area contributed by atoms with Gasteiger partial charge in [-0.15, -0.1) is 0 Å². The Morgan fingerprint density at radius 1 is 0.667 bits per heavy atom. The summed E-state index contributed by atoms with van der Waals surface area (Å²) >= 11 is 0. The zero-order chi connectivity index (χ0) is 10.7. The second-order valence-corrected chi connectivity index (χ2v) is 5.11. The highest BCUT2D eigenvalue weighted by molar-refractivity contribution is 4.84. The molecule has 4 unspecified atom stereocenters. The lowest BCUT2D eigenvalue weighted by atomic mass is 9.90. The number of rotatable bonds is 2. The van der Waals surface area contributed by atoms with Gasteiger partial charge in [0.05, 0.1) is 12.2 Å². The second kappa shape index (κ2) is 5.28. The van der Waals surface area contributed by atoms with Crippen molar-refractivity contribution in [3.05, 3.63) is 0 Å². The lowest BCUT2D eigenvalue weighted by Crippen LogP contribution is -2.47. The maximum atomic E-state index is 6.11. The van der Waals surface area contributed by atoms with Crippen LogP contribution in [0.1, 0.15) is 51.4 Å². The van der Waals surface area contributed by atoms with E-state index in [0.29, 0.717) is 0 Å². The van der Waals surface area contributed by atoms with Crippen LogP contribution in [0.5, 0.6) is 0 Å². The highest BCUT2D eigenvalue weighted by Crippen LogP contribution is 2.26. The molecule has 2 saturated carbocycles. The number of ether oxygens (including phenoxy) is 1. The first-order valence-corrected chi connectivity index (χ1v) is 6.44. The Bertz CT molecular complexity index is 178. The molecular weight excluding hydrogens is 188 g/mol. The van der Waals surface area contributed by atoms with E-state index in [2.05, 4.69) is 0 Å². The molecule has 0 aromatic heterocycles. The van der Waals surface area contributed by atoms with Crippen LogP contribution in [-0.4, -0.2) is 24.3 Å². The van der Waals surface area contributed by atoms with E-state index >= 15 is 0 Å². The van der Waals surface area contributed by atoms with E-state index in [1.165, 1.54) is 25.7 Å². The van der Waals surface area contributed by atoms with Gasteiger partial charge < -0.3 is 16.2 Å². The summed E-state index contributed by atoms with van der Waals surface area (Å²) in [5, 5.41) is 0. The van der Waals surface area contributed by atoms with Gasteiger partial charge in [-0.25, -0.2) is 0 Å². The van der Waals surface area contributed by atoms with E-state index in [9.17, 15) is 0 Å². The quantitative estimate of drug-likeness (QED) is 0.730. The second-order valence-electron chi connectivity index (χ2n) is 5.11. The molecule has 0 radical (unpaired) electrons. The van der Waals surface area contributed by atoms with Gasteiger partial charge in [-0.2, -0.15) is 0 Å². The Morgan fingerprint density at radius 2 is 1.07 bits per heavy atom. The van der Waals surface area contributed by atoms with Crippen LogP contribution in [-0.2, 0) is 4.74 Å². The van der Waals surface area contributed by atoms with Crippen LogP contribution < -0.4 is 11.5 Å². The number of hydrogen-bond acceptors (Lipinski definition) is 3. The Balaban J connectivity index is 1.83. The maximum absolute atomic E-state index is 6.11. The Hall–Kier alpha value is -0.120. The summed E-state index contributed by atoms with van der Waals surface area (Å²) in [6.07, 6.45) is 10.1. The summed E-state index contributed by atoms with van der Waals surface area (Å²) in [4.78, 5) is 0. The fourth-order valence-electron chi connectivity index (χ4n) is 2.81. The molecule has 4 N–H and O–H groups in total. The van der Waals surface area contributed by atoms with Gasteiger partial charge in [0.25, 0.3) is 0 Å². The minimum absolute atomic E-state index is 0.243. The van der Waals surface area contributed by atoms with E-state index in [1.54, 1.807) is 0 Å². The third-order valence-electron chi connectivity index (χ3n) is 3.86. The first-order valence-electron chi connectivity index (χ1n) is 6.44. The SMILES string of the molecule is NC1CCCCC1OC1CCCCC1N. The Labute approximate surface area is 92.5 Å². The molecule has 15 heavy (non-hydrogen) atoms. The van der Waals surface area contributed by atoms with Crippen molar-refractivity contribution in [3.8, 4) is 0 Å². The lowest BCUT2D eigenvalue weighted by Gasteiger charge is -2.36. The van der Waals surface area contributed by atoms with Crippen LogP contribution in [0.3, 0.4) is 0 Å². The van der Waals surface area contributed by atoms with E-state index < -0.39 is 0 Å². The average Bonchev–Trinajstić information content (AvgIpc) is 2.24. The number of nitrogens with two attached hydrogens (primary N) is 2. The van der Waals surface area contributed by atoms with Crippen LogP contribution in [0.4, 0.5) is 0 Å². The summed E-state index contributed by atoms with van der Waals surface area (Å²) in [6.45, 7) is 0. The molecule has 2 aliphatic rings. The molecule has 2 aliphatic carbocycles. The van der Waals surface area contributed by atoms with Gasteiger partial charge in [0.15, 0.2) is 0 Å². The van der Waals surface area contributed by atoms with Crippen LogP contribution in [0, 0.1) is 0 Å². The minimum atomic E-state index is 0.243. The third-order valence-corrected chi connectivity index (χ3v) is 3.86. The summed E-state index contributed by atoms with van der Waals surface area (Å²) < 4.78 is 6.11. The molecule has 4 atom stereocenters. The van der Waals surface area contributed by atoms with Crippen molar-refractivity contribution in [1.29, 1.82) is 0 Å². The van der Waals surface area contributed by atoms with Gasteiger partial charge in [-0.3, -0.25) is 0 Å². The van der Waals surface area contributed by atoms with Gasteiger partial charge in [-0.1, -0.05) is 25.7 Å². The van der Waals surface area contributed by atoms with Crippen LogP contribution in [0.15, 0.2) is 0 Å². The van der Waals surface area contributed by atoms with Crippen LogP contribution >= 0.6 is 0 Å². The molecule has 0 heterocycles. The first kappa shape index (κ1) is 11.4. The smallest absolute Gasteiger partial charge is 0.0730 e. The molecule has 0 spiro atoms. The fourth-order valence-corrected chi connectivity index (χ4v) is 2.81. The first-order chi connectivity index (χ1) is 7.27. The molecule has 0 aromatic rings. The van der Waals surface area contributed by atoms with E-state index in [4.69, 9.17) is 16.2 Å². The topological polar surface area (TPSA) is 61.3 Å². The third kappa shape index (κ3) is 2.92. The van der Waals surface area contributed by atoms with Gasteiger partial charge in [0.2, 0.25) is 0 Å². The zero-order valence-corrected chi connectivity index (χ0v) is 9.53. The molecular formula is C12H24N2O. The van der Waals surface area contributed by atoms with E-state index in [-0.39, 0.29) is 24.3 Å². The molecule has 0 aromatic carbocycles. The summed E-state index contributed by atoms with van der Waals surface area (Å²) in [5.74, 6) is 0. The molecule has 2 rings (SSSR count). The van der Waals surface area contributed by atoms with Crippen molar-refractivity contribution >= 4 is 0 Å². The fraction of sp³-hybridized carbons (Fsp3) is 1.00. The standard InChI is InChI=1S/C12H24N2O/c13-9-5-1-3-7-11(9)15-12-8-4-2-6-10(12)14/h9-12H,1-8,13-14H2. The Morgan fingerprint density at radius 3 is 1.47 bits per heavy atom. The van der Waals surface area contributed by atoms with Gasteiger partial charge in [-0.05, 0) is 25.7 Å². The number of hydrogen-bond donors (Lipinski definition) is 2. The van der Waals surface area contributed by atoms with Crippen LogP contribution in [0.25, 0.3) is 0 Å². The van der Waals surface area contributed by atoms with Gasteiger partial charge >= 0.3 is 0 Å². The molecule has 2 fully saturated rings. The average molecular weight is 212 g/mol. The van der Waals surface area contributed by atoms with Crippen molar-refractivity contribution in [2.45, 2.75) is 75.7 Å². The minimum Gasteiger partial charge on any atom is -0.372 e. The monoisotopic (exact) mass is 212 g/mol. The van der Waals surface area contributed by atoms with Gasteiger partial charge in [0, 0.05) is 12.1 Å². The summed E-state index contributed by atoms with van der Waals surface area (Å²) in [6, 6.07) is 0.487. The van der Waals surface area contributed by atoms with E-state index in [0.717, 1.165) is 25.7 Å². The van der Waals surface area contributed by atoms with Crippen molar-refractivity contribution in [2.75, 3.05) is 0 Å². The van der Waals surface area contributed by atoms with Crippen LogP contribution in [0.2, 0.25) is 0 Å². The normalized spacial score (nSPS) is 42.8. The summed E-state index contributed by atoms with van der Waals surface area (Å²) in [7, 11) is 0. The van der Waals surface area contributed by atoms with Gasteiger partial charge in [0.1, 0.15) is 0 Å². The molecule has 0 aliphatic heterocycles. The predicted octanol–water partition coefficient (Wildman–Crippen LogP) is 1.54. The lowest BCUT2D eigenvalue weighted by molar-refractivity contribution is -0.0621.